The number of nitrogens with one attached hydrogen (secondary N) is 1. The Morgan fingerprint density at radius 1 is 1.65 bits per heavy atom. The fraction of sp³-hybridized carbons (Fsp3) is 0.727. The highest BCUT2D eigenvalue weighted by molar-refractivity contribution is 9.10. The summed E-state index contributed by atoms with van der Waals surface area (Å²) in [4.78, 5) is 12.0. The van der Waals surface area contributed by atoms with E-state index >= 15 is 0 Å². The number of piperidine rings is 1. The van der Waals surface area contributed by atoms with Gasteiger partial charge in [0.05, 0.1) is 0 Å². The first-order chi connectivity index (χ1) is 8.18. The molecule has 0 radical (unpaired) electrons. The van der Waals surface area contributed by atoms with Gasteiger partial charge in [-0.1, -0.05) is 5.21 Å². The maximum atomic E-state index is 12.0. The SMILES string of the molecule is Cn1nnc(Br)c1C(=O)CCC1CCCNC1. The van der Waals surface area contributed by atoms with Crippen LogP contribution in [0.4, 0.5) is 0 Å². The van der Waals surface area contributed by atoms with Gasteiger partial charge in [0, 0.05) is 13.5 Å². The first kappa shape index (κ1) is 12.7. The molecule has 17 heavy (non-hydrogen) atoms. The Bertz CT molecular complexity index is 379. The molecule has 0 bridgehead atoms. The number of ketones is 1. The third kappa shape index (κ3) is 3.13. The molecule has 2 heterocycles. The van der Waals surface area contributed by atoms with Crippen molar-refractivity contribution in [2.45, 2.75) is 25.7 Å². The molecule has 1 unspecified atom stereocenters. The fourth-order valence-corrected chi connectivity index (χ4v) is 2.80. The van der Waals surface area contributed by atoms with Crippen LogP contribution in [-0.2, 0) is 7.05 Å². The average Bonchev–Trinajstić information content (AvgIpc) is 2.67. The van der Waals surface area contributed by atoms with Gasteiger partial charge in [0.15, 0.2) is 10.4 Å². The fourth-order valence-electron chi connectivity index (χ4n) is 2.25. The highest BCUT2D eigenvalue weighted by atomic mass is 79.9. The van der Waals surface area contributed by atoms with E-state index in [9.17, 15) is 4.79 Å². The maximum Gasteiger partial charge on any atom is 0.183 e. The number of carbonyl (C=O) groups excluding carboxylic acids is 1. The van der Waals surface area contributed by atoms with Crippen LogP contribution in [0.2, 0.25) is 0 Å². The predicted octanol–water partition coefficient (Wildman–Crippen LogP) is 1.54. The lowest BCUT2D eigenvalue weighted by molar-refractivity contribution is 0.0961. The molecule has 6 heteroatoms. The summed E-state index contributed by atoms with van der Waals surface area (Å²) in [5.74, 6) is 0.752. The molecule has 94 valence electrons. The minimum Gasteiger partial charge on any atom is -0.316 e. The molecule has 1 aliphatic heterocycles. The molecule has 5 nitrogen and oxygen atoms in total. The average molecular weight is 301 g/mol. The van der Waals surface area contributed by atoms with Gasteiger partial charge in [-0.2, -0.15) is 0 Å². The summed E-state index contributed by atoms with van der Waals surface area (Å²) >= 11 is 3.26. The van der Waals surface area contributed by atoms with Crippen LogP contribution in [0.3, 0.4) is 0 Å². The van der Waals surface area contributed by atoms with E-state index in [2.05, 4.69) is 31.6 Å². The van der Waals surface area contributed by atoms with Crippen LogP contribution >= 0.6 is 15.9 Å². The summed E-state index contributed by atoms with van der Waals surface area (Å²) in [6.45, 7) is 2.15. The molecule has 1 aliphatic rings. The Balaban J connectivity index is 1.89. The lowest BCUT2D eigenvalue weighted by atomic mass is 9.93. The van der Waals surface area contributed by atoms with Crippen LogP contribution in [0, 0.1) is 5.92 Å². The molecule has 1 aromatic rings. The Morgan fingerprint density at radius 2 is 2.47 bits per heavy atom. The molecule has 2 rings (SSSR count). The first-order valence-corrected chi connectivity index (χ1v) is 6.77. The quantitative estimate of drug-likeness (QED) is 0.857. The maximum absolute atomic E-state index is 12.0. The number of Topliss-reactive ketones (excluding diaryl/α,β-unsaturated/α-hetero) is 1. The number of halogens is 1. The smallest absolute Gasteiger partial charge is 0.183 e. The van der Waals surface area contributed by atoms with Crippen molar-refractivity contribution in [2.24, 2.45) is 13.0 Å². The number of rotatable bonds is 4. The van der Waals surface area contributed by atoms with Crippen LogP contribution in [0.15, 0.2) is 4.60 Å². The van der Waals surface area contributed by atoms with E-state index in [1.54, 1.807) is 7.05 Å². The van der Waals surface area contributed by atoms with Crippen LogP contribution in [-0.4, -0.2) is 33.9 Å². The van der Waals surface area contributed by atoms with Crippen LogP contribution in [0.1, 0.15) is 36.2 Å². The first-order valence-electron chi connectivity index (χ1n) is 5.97. The van der Waals surface area contributed by atoms with E-state index in [0.717, 1.165) is 19.5 Å². The lowest BCUT2D eigenvalue weighted by Crippen LogP contribution is -2.30. The van der Waals surface area contributed by atoms with Crippen molar-refractivity contribution >= 4 is 21.7 Å². The summed E-state index contributed by atoms with van der Waals surface area (Å²) < 4.78 is 2.08. The van der Waals surface area contributed by atoms with E-state index in [4.69, 9.17) is 0 Å². The van der Waals surface area contributed by atoms with Gasteiger partial charge >= 0.3 is 0 Å². The van der Waals surface area contributed by atoms with Gasteiger partial charge in [-0.15, -0.1) is 5.10 Å². The largest absolute Gasteiger partial charge is 0.316 e. The zero-order valence-corrected chi connectivity index (χ0v) is 11.5. The molecular weight excluding hydrogens is 284 g/mol. The van der Waals surface area contributed by atoms with Crippen molar-refractivity contribution in [3.63, 3.8) is 0 Å². The molecule has 1 aromatic heterocycles. The summed E-state index contributed by atoms with van der Waals surface area (Å²) in [6.07, 6.45) is 3.97. The van der Waals surface area contributed by atoms with Gasteiger partial charge in [-0.3, -0.25) is 4.79 Å². The highest BCUT2D eigenvalue weighted by Crippen LogP contribution is 2.19. The zero-order chi connectivity index (χ0) is 12.3. The number of carbonyl (C=O) groups is 1. The number of hydrogen-bond acceptors (Lipinski definition) is 4. The second-order valence-electron chi connectivity index (χ2n) is 4.53. The number of nitrogens with zero attached hydrogens (tertiary/aromatic N) is 3. The molecule has 1 atom stereocenters. The van der Waals surface area contributed by atoms with Crippen LogP contribution in [0.25, 0.3) is 0 Å². The summed E-state index contributed by atoms with van der Waals surface area (Å²) in [6, 6.07) is 0. The Kier molecular flexibility index (Phi) is 4.28. The minimum absolute atomic E-state index is 0.120. The minimum atomic E-state index is 0.120. The standard InChI is InChI=1S/C11H17BrN4O/c1-16-10(11(12)14-15-16)9(17)5-4-8-3-2-6-13-7-8/h8,13H,2-7H2,1H3. The van der Waals surface area contributed by atoms with Crippen molar-refractivity contribution in [2.75, 3.05) is 13.1 Å². The summed E-state index contributed by atoms with van der Waals surface area (Å²) in [5, 5.41) is 11.0. The van der Waals surface area contributed by atoms with Gasteiger partial charge in [-0.05, 0) is 54.2 Å². The molecule has 1 fully saturated rings. The predicted molar refractivity (Wildman–Crippen MR) is 67.9 cm³/mol. The van der Waals surface area contributed by atoms with E-state index < -0.39 is 0 Å². The third-order valence-corrected chi connectivity index (χ3v) is 3.76. The Hall–Kier alpha value is -0.750. The normalized spacial score (nSPS) is 20.5. The molecule has 0 amide bonds. The van der Waals surface area contributed by atoms with E-state index in [0.29, 0.717) is 22.6 Å². The zero-order valence-electron chi connectivity index (χ0n) is 9.95. The topological polar surface area (TPSA) is 59.8 Å². The highest BCUT2D eigenvalue weighted by Gasteiger charge is 2.19. The second kappa shape index (κ2) is 5.73. The summed E-state index contributed by atoms with van der Waals surface area (Å²) in [7, 11) is 1.74. The van der Waals surface area contributed by atoms with Gasteiger partial charge in [0.2, 0.25) is 0 Å². The molecule has 0 aromatic carbocycles. The van der Waals surface area contributed by atoms with Gasteiger partial charge in [0.25, 0.3) is 0 Å². The molecular formula is C11H17BrN4O. The van der Waals surface area contributed by atoms with E-state index in [-0.39, 0.29) is 5.78 Å². The molecule has 1 N–H and O–H groups in total. The number of aromatic nitrogens is 3. The van der Waals surface area contributed by atoms with Gasteiger partial charge in [0.1, 0.15) is 5.69 Å². The Morgan fingerprint density at radius 3 is 3.06 bits per heavy atom. The van der Waals surface area contributed by atoms with E-state index in [1.165, 1.54) is 17.5 Å². The van der Waals surface area contributed by atoms with Gasteiger partial charge < -0.3 is 5.32 Å². The van der Waals surface area contributed by atoms with Crippen molar-refractivity contribution in [3.8, 4) is 0 Å². The monoisotopic (exact) mass is 300 g/mol. The third-order valence-electron chi connectivity index (χ3n) is 3.23. The van der Waals surface area contributed by atoms with Gasteiger partial charge in [-0.25, -0.2) is 4.68 Å². The van der Waals surface area contributed by atoms with Crippen molar-refractivity contribution in [1.82, 2.24) is 20.3 Å². The lowest BCUT2D eigenvalue weighted by Gasteiger charge is -2.22. The molecule has 1 saturated heterocycles. The molecule has 0 spiro atoms. The van der Waals surface area contributed by atoms with Crippen molar-refractivity contribution in [3.05, 3.63) is 10.3 Å². The van der Waals surface area contributed by atoms with Crippen LogP contribution < -0.4 is 5.32 Å². The second-order valence-corrected chi connectivity index (χ2v) is 5.28. The summed E-state index contributed by atoms with van der Waals surface area (Å²) in [5.41, 5.74) is 0.578. The van der Waals surface area contributed by atoms with Crippen molar-refractivity contribution < 1.29 is 4.79 Å². The van der Waals surface area contributed by atoms with E-state index in [1.807, 2.05) is 0 Å². The molecule has 0 aliphatic carbocycles. The number of hydrogen-bond donors (Lipinski definition) is 1. The molecule has 0 saturated carbocycles. The Labute approximate surface area is 109 Å². The van der Waals surface area contributed by atoms with Crippen molar-refractivity contribution in [1.29, 1.82) is 0 Å². The number of aryl methyl sites for hydroxylation is 1. The van der Waals surface area contributed by atoms with Crippen LogP contribution in [0.5, 0.6) is 0 Å².